The second-order valence-electron chi connectivity index (χ2n) is 13.2. The van der Waals surface area contributed by atoms with E-state index in [0.717, 1.165) is 53.8 Å². The van der Waals surface area contributed by atoms with Crippen LogP contribution in [0.25, 0.3) is 0 Å². The van der Waals surface area contributed by atoms with Gasteiger partial charge in [0.25, 0.3) is 0 Å². The molecule has 16 atom stereocenters. The van der Waals surface area contributed by atoms with E-state index in [1.807, 2.05) is 0 Å². The van der Waals surface area contributed by atoms with Gasteiger partial charge in [-0.25, -0.2) is 0 Å². The molecule has 30 heavy (non-hydrogen) atoms. The van der Waals surface area contributed by atoms with Crippen LogP contribution in [0.4, 0.5) is 0 Å². The summed E-state index contributed by atoms with van der Waals surface area (Å²) in [6.07, 6.45) is 16.2. The minimum Gasteiger partial charge on any atom is -0.390 e. The van der Waals surface area contributed by atoms with Gasteiger partial charge in [0.15, 0.2) is 0 Å². The van der Waals surface area contributed by atoms with Crippen molar-refractivity contribution in [3.05, 3.63) is 12.2 Å². The van der Waals surface area contributed by atoms with Crippen molar-refractivity contribution in [2.75, 3.05) is 0 Å². The highest BCUT2D eigenvalue weighted by Gasteiger charge is 2.84. The first kappa shape index (κ1) is 17.1. The molecule has 162 valence electrons. The van der Waals surface area contributed by atoms with Crippen LogP contribution in [0.3, 0.4) is 0 Å². The van der Waals surface area contributed by atoms with Gasteiger partial charge < -0.3 is 14.9 Å². The lowest BCUT2D eigenvalue weighted by molar-refractivity contribution is -0.135. The van der Waals surface area contributed by atoms with E-state index >= 15 is 0 Å². The van der Waals surface area contributed by atoms with Crippen molar-refractivity contribution >= 4 is 0 Å². The molecule has 16 unspecified atom stereocenters. The molecule has 7 aliphatic carbocycles. The van der Waals surface area contributed by atoms with Gasteiger partial charge in [0.05, 0.1) is 24.4 Å². The summed E-state index contributed by atoms with van der Waals surface area (Å²) in [7, 11) is 0. The second-order valence-corrected chi connectivity index (χ2v) is 13.2. The monoisotopic (exact) mass is 408 g/mol. The fourth-order valence-corrected chi connectivity index (χ4v) is 13.0. The number of allylic oxidation sites excluding steroid dienone is 2. The molecule has 2 N–H and O–H groups in total. The van der Waals surface area contributed by atoms with Crippen molar-refractivity contribution in [2.24, 2.45) is 76.4 Å². The average molecular weight is 409 g/mol. The SMILES string of the molecule is OC1C(O)C2CC1C1C3OC(C21)C1(C2CCCCC2)C2CC(C4C5C=CC(C5)C42)C31. The fraction of sp³-hybridized carbons (Fsp3) is 0.926. The zero-order valence-corrected chi connectivity index (χ0v) is 17.9. The Balaban J connectivity index is 1.21. The highest BCUT2D eigenvalue weighted by Crippen LogP contribution is 2.83. The molecule has 0 spiro atoms. The second kappa shape index (κ2) is 5.23. The zero-order valence-electron chi connectivity index (χ0n) is 17.9. The van der Waals surface area contributed by atoms with Crippen LogP contribution in [0.2, 0.25) is 0 Å². The Bertz CT molecular complexity index is 832. The molecule has 2 heterocycles. The smallest absolute Gasteiger partial charge is 0.0833 e. The third kappa shape index (κ3) is 1.54. The van der Waals surface area contributed by atoms with E-state index in [4.69, 9.17) is 4.74 Å². The quantitative estimate of drug-likeness (QED) is 0.514. The molecule has 8 fully saturated rings. The van der Waals surface area contributed by atoms with Crippen LogP contribution < -0.4 is 0 Å². The van der Waals surface area contributed by atoms with Crippen molar-refractivity contribution < 1.29 is 14.9 Å². The molecule has 0 aromatic rings. The van der Waals surface area contributed by atoms with E-state index < -0.39 is 12.2 Å². The molecule has 8 bridgehead atoms. The van der Waals surface area contributed by atoms with Crippen LogP contribution in [0.15, 0.2) is 12.2 Å². The maximum Gasteiger partial charge on any atom is 0.0833 e. The predicted octanol–water partition coefficient (Wildman–Crippen LogP) is 3.64. The minimum absolute atomic E-state index is 0.307. The van der Waals surface area contributed by atoms with E-state index in [0.29, 0.717) is 41.3 Å². The van der Waals surface area contributed by atoms with Gasteiger partial charge in [-0.2, -0.15) is 0 Å². The van der Waals surface area contributed by atoms with Gasteiger partial charge in [-0.3, -0.25) is 0 Å². The third-order valence-electron chi connectivity index (χ3n) is 13.1. The van der Waals surface area contributed by atoms with E-state index in [1.54, 1.807) is 0 Å². The Hall–Kier alpha value is -0.380. The van der Waals surface area contributed by atoms with E-state index in [1.165, 1.54) is 44.9 Å². The molecular formula is C27H36O3. The van der Waals surface area contributed by atoms with Crippen molar-refractivity contribution in [1.29, 1.82) is 0 Å². The molecular weight excluding hydrogens is 372 g/mol. The van der Waals surface area contributed by atoms with Crippen molar-refractivity contribution in [1.82, 2.24) is 0 Å². The van der Waals surface area contributed by atoms with Gasteiger partial charge in [0.1, 0.15) is 0 Å². The average Bonchev–Trinajstić information content (AvgIpc) is 3.59. The summed E-state index contributed by atoms with van der Waals surface area (Å²) in [5.41, 5.74) is 0.422. The minimum atomic E-state index is -0.488. The van der Waals surface area contributed by atoms with Crippen LogP contribution in [-0.2, 0) is 4.74 Å². The number of hydrogen-bond acceptors (Lipinski definition) is 3. The van der Waals surface area contributed by atoms with Gasteiger partial charge in [-0.05, 0) is 103 Å². The van der Waals surface area contributed by atoms with Gasteiger partial charge in [-0.1, -0.05) is 31.4 Å². The van der Waals surface area contributed by atoms with Crippen LogP contribution in [0.5, 0.6) is 0 Å². The highest BCUT2D eigenvalue weighted by molar-refractivity contribution is 5.33. The Morgan fingerprint density at radius 1 is 0.733 bits per heavy atom. The first-order chi connectivity index (χ1) is 14.7. The van der Waals surface area contributed by atoms with E-state index in [2.05, 4.69) is 12.2 Å². The molecule has 0 amide bonds. The topological polar surface area (TPSA) is 49.7 Å². The summed E-state index contributed by atoms with van der Waals surface area (Å²) in [6.45, 7) is 0. The Morgan fingerprint density at radius 2 is 1.47 bits per heavy atom. The lowest BCUT2D eigenvalue weighted by Crippen LogP contribution is -2.62. The van der Waals surface area contributed by atoms with Gasteiger partial charge in [-0.15, -0.1) is 0 Å². The summed E-state index contributed by atoms with van der Waals surface area (Å²) >= 11 is 0. The normalized spacial score (nSPS) is 70.7. The number of rotatable bonds is 1. The molecule has 3 heteroatoms. The number of aliphatic hydroxyl groups is 2. The first-order valence-corrected chi connectivity index (χ1v) is 13.4. The van der Waals surface area contributed by atoms with E-state index in [9.17, 15) is 10.2 Å². The Labute approximate surface area is 179 Å². The molecule has 6 saturated carbocycles. The standard InChI is InChI=1S/C27H36O3/c28-23-15-9-16(24(23)29)21-20(15)25-22-14-10-17(19-12-7-6-11(8-12)18(14)19)27(22,26(21)30-25)13-4-2-1-3-5-13/h6-7,11-26,28-29H,1-5,8-10H2. The summed E-state index contributed by atoms with van der Waals surface area (Å²) in [5, 5.41) is 21.6. The largest absolute Gasteiger partial charge is 0.390 e. The molecule has 9 aliphatic rings. The third-order valence-corrected chi connectivity index (χ3v) is 13.1. The predicted molar refractivity (Wildman–Crippen MR) is 111 cm³/mol. The molecule has 2 saturated heterocycles. The first-order valence-electron chi connectivity index (χ1n) is 13.4. The van der Waals surface area contributed by atoms with Crippen molar-refractivity contribution in [3.8, 4) is 0 Å². The summed E-state index contributed by atoms with van der Waals surface area (Å²) in [5.74, 6) is 8.74. The van der Waals surface area contributed by atoms with Gasteiger partial charge in [0, 0.05) is 5.41 Å². The van der Waals surface area contributed by atoms with Crippen molar-refractivity contribution in [2.45, 2.75) is 75.8 Å². The maximum absolute atomic E-state index is 10.9. The number of aliphatic hydroxyl groups excluding tert-OH is 2. The summed E-state index contributed by atoms with van der Waals surface area (Å²) < 4.78 is 7.13. The van der Waals surface area contributed by atoms with Crippen LogP contribution in [0, 0.1) is 76.4 Å². The number of hydrogen-bond donors (Lipinski definition) is 2. The summed E-state index contributed by atoms with van der Waals surface area (Å²) in [6, 6.07) is 0. The number of fused-ring (bicyclic) bond motifs is 23. The zero-order chi connectivity index (χ0) is 19.5. The van der Waals surface area contributed by atoms with Gasteiger partial charge in [0.2, 0.25) is 0 Å². The lowest BCUT2D eigenvalue weighted by atomic mass is 9.43. The van der Waals surface area contributed by atoms with Crippen LogP contribution >= 0.6 is 0 Å². The lowest BCUT2D eigenvalue weighted by Gasteiger charge is -2.59. The maximum atomic E-state index is 10.9. The summed E-state index contributed by atoms with van der Waals surface area (Å²) in [4.78, 5) is 0. The fourth-order valence-electron chi connectivity index (χ4n) is 13.0. The van der Waals surface area contributed by atoms with Gasteiger partial charge >= 0.3 is 0 Å². The molecule has 2 aliphatic heterocycles. The van der Waals surface area contributed by atoms with Crippen LogP contribution in [-0.4, -0.2) is 34.6 Å². The van der Waals surface area contributed by atoms with Crippen molar-refractivity contribution in [3.63, 3.8) is 0 Å². The molecule has 0 radical (unpaired) electrons. The molecule has 3 nitrogen and oxygen atoms in total. The van der Waals surface area contributed by atoms with E-state index in [-0.39, 0.29) is 0 Å². The Morgan fingerprint density at radius 3 is 2.27 bits per heavy atom. The molecule has 0 aromatic carbocycles. The number of ether oxygens (including phenoxy) is 1. The Kier molecular flexibility index (Phi) is 2.99. The molecule has 9 rings (SSSR count). The molecule has 0 aromatic heterocycles. The van der Waals surface area contributed by atoms with Crippen LogP contribution in [0.1, 0.15) is 51.4 Å². The highest BCUT2D eigenvalue weighted by atomic mass is 16.5.